The zero-order valence-electron chi connectivity index (χ0n) is 10.3. The standard InChI is InChI=1S/C11H23NO3/c1-7(2)6-10(11(14)15-5)12-8(3)9(4)13/h7-10,12-13H,6H2,1-5H3. The zero-order valence-corrected chi connectivity index (χ0v) is 10.3. The number of ether oxygens (including phenoxy) is 1. The Morgan fingerprint density at radius 1 is 1.33 bits per heavy atom. The first-order chi connectivity index (χ1) is 6.88. The first-order valence-corrected chi connectivity index (χ1v) is 5.40. The van der Waals surface area contributed by atoms with Crippen molar-refractivity contribution >= 4 is 5.97 Å². The van der Waals surface area contributed by atoms with Crippen molar-refractivity contribution in [1.82, 2.24) is 5.32 Å². The third-order valence-corrected chi connectivity index (χ3v) is 2.38. The van der Waals surface area contributed by atoms with Crippen LogP contribution < -0.4 is 5.32 Å². The minimum atomic E-state index is -0.482. The number of hydrogen-bond acceptors (Lipinski definition) is 4. The summed E-state index contributed by atoms with van der Waals surface area (Å²) < 4.78 is 4.71. The smallest absolute Gasteiger partial charge is 0.322 e. The molecule has 0 bridgehead atoms. The maximum atomic E-state index is 11.4. The van der Waals surface area contributed by atoms with Gasteiger partial charge in [-0.05, 0) is 26.2 Å². The third-order valence-electron chi connectivity index (χ3n) is 2.38. The summed E-state index contributed by atoms with van der Waals surface area (Å²) in [7, 11) is 1.38. The Bertz CT molecular complexity index is 192. The quantitative estimate of drug-likeness (QED) is 0.650. The highest BCUT2D eigenvalue weighted by Crippen LogP contribution is 2.07. The Morgan fingerprint density at radius 2 is 1.87 bits per heavy atom. The molecule has 3 unspecified atom stereocenters. The van der Waals surface area contributed by atoms with E-state index in [9.17, 15) is 9.90 Å². The Labute approximate surface area is 92.0 Å². The Balaban J connectivity index is 4.30. The summed E-state index contributed by atoms with van der Waals surface area (Å²) >= 11 is 0. The van der Waals surface area contributed by atoms with Crippen LogP contribution in [0.1, 0.15) is 34.1 Å². The first kappa shape index (κ1) is 14.4. The molecule has 0 saturated heterocycles. The summed E-state index contributed by atoms with van der Waals surface area (Å²) in [5, 5.41) is 12.4. The lowest BCUT2D eigenvalue weighted by Crippen LogP contribution is -2.47. The van der Waals surface area contributed by atoms with Crippen molar-refractivity contribution in [3.05, 3.63) is 0 Å². The van der Waals surface area contributed by atoms with Crippen LogP contribution in [0.2, 0.25) is 0 Å². The fourth-order valence-electron chi connectivity index (χ4n) is 1.30. The van der Waals surface area contributed by atoms with E-state index in [-0.39, 0.29) is 18.1 Å². The number of carbonyl (C=O) groups is 1. The molecule has 4 heteroatoms. The van der Waals surface area contributed by atoms with E-state index < -0.39 is 6.10 Å². The lowest BCUT2D eigenvalue weighted by Gasteiger charge is -2.24. The van der Waals surface area contributed by atoms with Gasteiger partial charge < -0.3 is 9.84 Å². The highest BCUT2D eigenvalue weighted by atomic mass is 16.5. The largest absolute Gasteiger partial charge is 0.468 e. The number of esters is 1. The van der Waals surface area contributed by atoms with Crippen LogP contribution in [0.4, 0.5) is 0 Å². The van der Waals surface area contributed by atoms with Gasteiger partial charge in [0.05, 0.1) is 13.2 Å². The minimum Gasteiger partial charge on any atom is -0.468 e. The number of carbonyl (C=O) groups excluding carboxylic acids is 1. The van der Waals surface area contributed by atoms with Crippen molar-refractivity contribution in [3.8, 4) is 0 Å². The van der Waals surface area contributed by atoms with Crippen molar-refractivity contribution in [2.45, 2.75) is 52.3 Å². The van der Waals surface area contributed by atoms with Gasteiger partial charge in [-0.1, -0.05) is 13.8 Å². The van der Waals surface area contributed by atoms with Crippen LogP contribution in [0.15, 0.2) is 0 Å². The zero-order chi connectivity index (χ0) is 12.0. The van der Waals surface area contributed by atoms with E-state index in [1.807, 2.05) is 20.8 Å². The van der Waals surface area contributed by atoms with Gasteiger partial charge in [0.15, 0.2) is 0 Å². The van der Waals surface area contributed by atoms with Gasteiger partial charge in [0.1, 0.15) is 6.04 Å². The molecule has 0 aromatic heterocycles. The van der Waals surface area contributed by atoms with Gasteiger partial charge in [0.25, 0.3) is 0 Å². The Morgan fingerprint density at radius 3 is 2.20 bits per heavy atom. The van der Waals surface area contributed by atoms with E-state index in [1.54, 1.807) is 6.92 Å². The fourth-order valence-corrected chi connectivity index (χ4v) is 1.30. The summed E-state index contributed by atoms with van der Waals surface area (Å²) in [5.41, 5.74) is 0. The van der Waals surface area contributed by atoms with Crippen molar-refractivity contribution in [2.24, 2.45) is 5.92 Å². The second-order valence-electron chi connectivity index (χ2n) is 4.40. The summed E-state index contributed by atoms with van der Waals surface area (Å²) in [6.45, 7) is 7.64. The molecule has 0 spiro atoms. The topological polar surface area (TPSA) is 58.6 Å². The molecule has 0 rings (SSSR count). The van der Waals surface area contributed by atoms with Crippen molar-refractivity contribution in [2.75, 3.05) is 7.11 Å². The van der Waals surface area contributed by atoms with Gasteiger partial charge in [-0.3, -0.25) is 10.1 Å². The molecule has 2 N–H and O–H groups in total. The van der Waals surface area contributed by atoms with Gasteiger partial charge in [-0.2, -0.15) is 0 Å². The maximum Gasteiger partial charge on any atom is 0.322 e. The molecule has 0 radical (unpaired) electrons. The fraction of sp³-hybridized carbons (Fsp3) is 0.909. The Kier molecular flexibility index (Phi) is 6.52. The molecule has 0 aromatic carbocycles. The summed E-state index contributed by atoms with van der Waals surface area (Å²) in [6.07, 6.45) is 0.230. The van der Waals surface area contributed by atoms with Crippen LogP contribution in [0.5, 0.6) is 0 Å². The van der Waals surface area contributed by atoms with E-state index >= 15 is 0 Å². The lowest BCUT2D eigenvalue weighted by molar-refractivity contribution is -0.144. The number of methoxy groups -OCH3 is 1. The lowest BCUT2D eigenvalue weighted by atomic mass is 10.0. The molecule has 0 aliphatic heterocycles. The van der Waals surface area contributed by atoms with E-state index in [4.69, 9.17) is 4.74 Å². The molecule has 15 heavy (non-hydrogen) atoms. The predicted octanol–water partition coefficient (Wildman–Crippen LogP) is 0.933. The molecule has 3 atom stereocenters. The van der Waals surface area contributed by atoms with E-state index in [2.05, 4.69) is 5.32 Å². The van der Waals surface area contributed by atoms with Crippen LogP contribution >= 0.6 is 0 Å². The molecular formula is C11H23NO3. The molecule has 0 heterocycles. The van der Waals surface area contributed by atoms with Crippen LogP contribution in [0.25, 0.3) is 0 Å². The molecule has 0 aliphatic rings. The van der Waals surface area contributed by atoms with Gasteiger partial charge in [0.2, 0.25) is 0 Å². The summed E-state index contributed by atoms with van der Waals surface area (Å²) in [4.78, 5) is 11.4. The number of aliphatic hydroxyl groups is 1. The SMILES string of the molecule is COC(=O)C(CC(C)C)NC(C)C(C)O. The number of nitrogens with one attached hydrogen (secondary N) is 1. The van der Waals surface area contributed by atoms with Crippen LogP contribution in [-0.2, 0) is 9.53 Å². The normalized spacial score (nSPS) is 17.3. The van der Waals surface area contributed by atoms with E-state index in [0.717, 1.165) is 0 Å². The molecule has 0 aliphatic carbocycles. The van der Waals surface area contributed by atoms with Crippen molar-refractivity contribution < 1.29 is 14.6 Å². The monoisotopic (exact) mass is 217 g/mol. The van der Waals surface area contributed by atoms with E-state index in [1.165, 1.54) is 7.11 Å². The van der Waals surface area contributed by atoms with Gasteiger partial charge in [-0.25, -0.2) is 0 Å². The maximum absolute atomic E-state index is 11.4. The number of hydrogen-bond donors (Lipinski definition) is 2. The van der Waals surface area contributed by atoms with Crippen molar-refractivity contribution in [1.29, 1.82) is 0 Å². The minimum absolute atomic E-state index is 0.118. The van der Waals surface area contributed by atoms with Gasteiger partial charge >= 0.3 is 5.97 Å². The molecule has 0 fully saturated rings. The second kappa shape index (κ2) is 6.80. The van der Waals surface area contributed by atoms with Crippen LogP contribution in [0, 0.1) is 5.92 Å². The van der Waals surface area contributed by atoms with E-state index in [0.29, 0.717) is 12.3 Å². The average Bonchev–Trinajstić information content (AvgIpc) is 2.14. The molecular weight excluding hydrogens is 194 g/mol. The molecule has 0 amide bonds. The van der Waals surface area contributed by atoms with Gasteiger partial charge in [0, 0.05) is 6.04 Å². The highest BCUT2D eigenvalue weighted by Gasteiger charge is 2.23. The third kappa shape index (κ3) is 5.74. The summed E-state index contributed by atoms with van der Waals surface area (Å²) in [6, 6.07) is -0.451. The van der Waals surface area contributed by atoms with Crippen LogP contribution in [0.3, 0.4) is 0 Å². The average molecular weight is 217 g/mol. The number of rotatable bonds is 6. The predicted molar refractivity (Wildman–Crippen MR) is 59.5 cm³/mol. The number of aliphatic hydroxyl groups excluding tert-OH is 1. The summed E-state index contributed by atoms with van der Waals surface area (Å²) in [5.74, 6) is 0.138. The van der Waals surface area contributed by atoms with Crippen LogP contribution in [-0.4, -0.2) is 36.4 Å². The second-order valence-corrected chi connectivity index (χ2v) is 4.40. The Hall–Kier alpha value is -0.610. The molecule has 4 nitrogen and oxygen atoms in total. The molecule has 0 aromatic rings. The highest BCUT2D eigenvalue weighted by molar-refractivity contribution is 5.75. The van der Waals surface area contributed by atoms with Crippen molar-refractivity contribution in [3.63, 3.8) is 0 Å². The first-order valence-electron chi connectivity index (χ1n) is 5.40. The molecule has 90 valence electrons. The molecule has 0 saturated carbocycles. The van der Waals surface area contributed by atoms with Gasteiger partial charge in [-0.15, -0.1) is 0 Å².